The summed E-state index contributed by atoms with van der Waals surface area (Å²) in [5.41, 5.74) is 0. The number of rotatable bonds is 5. The van der Waals surface area contributed by atoms with E-state index in [0.717, 1.165) is 43.9 Å². The molecule has 1 N–H and O–H groups in total. The minimum Gasteiger partial charge on any atom is -0.357 e. The molecule has 2 aliphatic rings. The first kappa shape index (κ1) is 15.6. The van der Waals surface area contributed by atoms with Gasteiger partial charge in [-0.3, -0.25) is 4.99 Å². The van der Waals surface area contributed by atoms with Crippen molar-refractivity contribution in [2.45, 2.75) is 39.0 Å². The van der Waals surface area contributed by atoms with E-state index in [1.165, 1.54) is 38.8 Å². The summed E-state index contributed by atoms with van der Waals surface area (Å²) >= 11 is 0. The molecule has 1 heterocycles. The smallest absolute Gasteiger partial charge is 0.193 e. The minimum absolute atomic E-state index is 0.925. The van der Waals surface area contributed by atoms with Crippen LogP contribution < -0.4 is 5.32 Å². The van der Waals surface area contributed by atoms with Crippen molar-refractivity contribution in [1.29, 1.82) is 0 Å². The molecule has 0 spiro atoms. The van der Waals surface area contributed by atoms with E-state index in [9.17, 15) is 0 Å². The molecular formula is C16H32N4. The zero-order valence-corrected chi connectivity index (χ0v) is 13.6. The molecule has 20 heavy (non-hydrogen) atoms. The fraction of sp³-hybridized carbons (Fsp3) is 0.938. The van der Waals surface area contributed by atoms with Crippen LogP contribution in [0.1, 0.15) is 39.0 Å². The van der Waals surface area contributed by atoms with Gasteiger partial charge in [0.25, 0.3) is 0 Å². The van der Waals surface area contributed by atoms with E-state index >= 15 is 0 Å². The van der Waals surface area contributed by atoms with Crippen LogP contribution in [0.3, 0.4) is 0 Å². The van der Waals surface area contributed by atoms with E-state index in [1.54, 1.807) is 0 Å². The van der Waals surface area contributed by atoms with Crippen molar-refractivity contribution in [2.24, 2.45) is 16.8 Å². The van der Waals surface area contributed by atoms with Crippen LogP contribution in [0.2, 0.25) is 0 Å². The fourth-order valence-electron chi connectivity index (χ4n) is 3.58. The second-order valence-corrected chi connectivity index (χ2v) is 6.60. The summed E-state index contributed by atoms with van der Waals surface area (Å²) in [6, 6.07) is 0. The average molecular weight is 280 g/mol. The molecule has 2 fully saturated rings. The first-order valence-electron chi connectivity index (χ1n) is 8.38. The monoisotopic (exact) mass is 280 g/mol. The summed E-state index contributed by atoms with van der Waals surface area (Å²) in [5.74, 6) is 3.00. The number of likely N-dealkylation sites (tertiary alicyclic amines) is 1. The zero-order chi connectivity index (χ0) is 14.4. The predicted octanol–water partition coefficient (Wildman–Crippen LogP) is 2.03. The number of nitrogens with zero attached hydrogens (tertiary/aromatic N) is 3. The number of nitrogens with one attached hydrogen (secondary N) is 1. The normalized spacial score (nSPS) is 27.0. The van der Waals surface area contributed by atoms with Crippen molar-refractivity contribution in [3.8, 4) is 0 Å². The van der Waals surface area contributed by atoms with Crippen LogP contribution >= 0.6 is 0 Å². The summed E-state index contributed by atoms with van der Waals surface area (Å²) in [4.78, 5) is 9.57. The van der Waals surface area contributed by atoms with Gasteiger partial charge in [-0.05, 0) is 58.7 Å². The standard InChI is InChI=1S/C16H32N4/c1-4-17-16(18-10-7-11-19(2)3)20-12-14-8-5-6-9-15(14)13-20/h14-15H,4-13H2,1-3H3,(H,17,18). The third-order valence-electron chi connectivity index (χ3n) is 4.64. The van der Waals surface area contributed by atoms with Gasteiger partial charge in [-0.2, -0.15) is 0 Å². The molecule has 4 nitrogen and oxygen atoms in total. The van der Waals surface area contributed by atoms with E-state index in [-0.39, 0.29) is 0 Å². The van der Waals surface area contributed by atoms with Gasteiger partial charge in [0, 0.05) is 26.2 Å². The highest BCUT2D eigenvalue weighted by Crippen LogP contribution is 2.35. The lowest BCUT2D eigenvalue weighted by atomic mass is 9.82. The molecule has 0 aromatic rings. The lowest BCUT2D eigenvalue weighted by Gasteiger charge is -2.22. The lowest BCUT2D eigenvalue weighted by Crippen LogP contribution is -2.40. The molecule has 0 aromatic heterocycles. The van der Waals surface area contributed by atoms with E-state index in [2.05, 4.69) is 36.1 Å². The highest BCUT2D eigenvalue weighted by Gasteiger charge is 2.35. The Morgan fingerprint density at radius 1 is 1.20 bits per heavy atom. The summed E-state index contributed by atoms with van der Waals surface area (Å²) in [6.07, 6.45) is 6.88. The van der Waals surface area contributed by atoms with Crippen LogP contribution in [0.5, 0.6) is 0 Å². The minimum atomic E-state index is 0.925. The number of hydrogen-bond donors (Lipinski definition) is 1. The summed E-state index contributed by atoms with van der Waals surface area (Å²) in [6.45, 7) is 7.64. The van der Waals surface area contributed by atoms with Crippen molar-refractivity contribution in [1.82, 2.24) is 15.1 Å². The second-order valence-electron chi connectivity index (χ2n) is 6.60. The first-order valence-corrected chi connectivity index (χ1v) is 8.38. The molecule has 2 atom stereocenters. The Morgan fingerprint density at radius 2 is 1.85 bits per heavy atom. The maximum absolute atomic E-state index is 4.83. The molecule has 1 saturated carbocycles. The second kappa shape index (κ2) is 7.87. The van der Waals surface area contributed by atoms with Crippen LogP contribution in [0, 0.1) is 11.8 Å². The van der Waals surface area contributed by atoms with Gasteiger partial charge >= 0.3 is 0 Å². The average Bonchev–Trinajstić information content (AvgIpc) is 2.85. The molecule has 0 bridgehead atoms. The fourth-order valence-corrected chi connectivity index (χ4v) is 3.58. The van der Waals surface area contributed by atoms with Crippen molar-refractivity contribution in [3.05, 3.63) is 0 Å². The molecule has 2 unspecified atom stereocenters. The Kier molecular flexibility index (Phi) is 6.14. The number of guanidine groups is 1. The summed E-state index contributed by atoms with van der Waals surface area (Å²) < 4.78 is 0. The van der Waals surface area contributed by atoms with Gasteiger partial charge < -0.3 is 15.1 Å². The molecule has 2 rings (SSSR count). The van der Waals surface area contributed by atoms with Crippen LogP contribution in [-0.4, -0.2) is 62.6 Å². The largest absolute Gasteiger partial charge is 0.357 e. The van der Waals surface area contributed by atoms with Crippen molar-refractivity contribution in [3.63, 3.8) is 0 Å². The van der Waals surface area contributed by atoms with Gasteiger partial charge in [0.15, 0.2) is 5.96 Å². The first-order chi connectivity index (χ1) is 9.70. The van der Waals surface area contributed by atoms with E-state index < -0.39 is 0 Å². The third-order valence-corrected chi connectivity index (χ3v) is 4.64. The van der Waals surface area contributed by atoms with Gasteiger partial charge in [0.05, 0.1) is 0 Å². The Labute approximate surface area is 124 Å². The maximum atomic E-state index is 4.83. The van der Waals surface area contributed by atoms with Gasteiger partial charge in [0.1, 0.15) is 0 Å². The molecule has 0 aromatic carbocycles. The molecule has 116 valence electrons. The molecular weight excluding hydrogens is 248 g/mol. The SMILES string of the molecule is CCNC(=NCCCN(C)C)N1CC2CCCCC2C1. The molecule has 4 heteroatoms. The van der Waals surface area contributed by atoms with Crippen molar-refractivity contribution >= 4 is 5.96 Å². The van der Waals surface area contributed by atoms with E-state index in [4.69, 9.17) is 4.99 Å². The molecule has 1 aliphatic carbocycles. The van der Waals surface area contributed by atoms with Gasteiger partial charge in [-0.1, -0.05) is 12.8 Å². The topological polar surface area (TPSA) is 30.9 Å². The Balaban J connectivity index is 1.86. The quantitative estimate of drug-likeness (QED) is 0.475. The third kappa shape index (κ3) is 4.37. The number of aliphatic imine (C=N–C) groups is 1. The van der Waals surface area contributed by atoms with E-state index in [1.807, 2.05) is 0 Å². The maximum Gasteiger partial charge on any atom is 0.193 e. The molecule has 0 radical (unpaired) electrons. The van der Waals surface area contributed by atoms with Crippen LogP contribution in [0.4, 0.5) is 0 Å². The van der Waals surface area contributed by atoms with Gasteiger partial charge in [-0.25, -0.2) is 0 Å². The van der Waals surface area contributed by atoms with E-state index in [0.29, 0.717) is 0 Å². The number of hydrogen-bond acceptors (Lipinski definition) is 2. The Hall–Kier alpha value is -0.770. The highest BCUT2D eigenvalue weighted by atomic mass is 15.3. The molecule has 0 amide bonds. The van der Waals surface area contributed by atoms with Crippen LogP contribution in [0.25, 0.3) is 0 Å². The zero-order valence-electron chi connectivity index (χ0n) is 13.6. The number of fused-ring (bicyclic) bond motifs is 1. The molecule has 1 saturated heterocycles. The lowest BCUT2D eigenvalue weighted by molar-refractivity contribution is 0.299. The van der Waals surface area contributed by atoms with Gasteiger partial charge in [-0.15, -0.1) is 0 Å². The van der Waals surface area contributed by atoms with Crippen molar-refractivity contribution in [2.75, 3.05) is 46.8 Å². The van der Waals surface area contributed by atoms with Crippen molar-refractivity contribution < 1.29 is 0 Å². The molecule has 1 aliphatic heterocycles. The van der Waals surface area contributed by atoms with Crippen LogP contribution in [0.15, 0.2) is 4.99 Å². The van der Waals surface area contributed by atoms with Gasteiger partial charge in [0.2, 0.25) is 0 Å². The Morgan fingerprint density at radius 3 is 2.40 bits per heavy atom. The highest BCUT2D eigenvalue weighted by molar-refractivity contribution is 5.80. The summed E-state index contributed by atoms with van der Waals surface area (Å²) in [5, 5.41) is 3.48. The predicted molar refractivity (Wildman–Crippen MR) is 86.2 cm³/mol. The van der Waals surface area contributed by atoms with Crippen LogP contribution in [-0.2, 0) is 0 Å². The Bertz CT molecular complexity index is 300. The summed E-state index contributed by atoms with van der Waals surface area (Å²) in [7, 11) is 4.25.